The maximum Gasteiger partial charge on any atom is 0.417 e. The average molecular weight is 1920 g/mol. The van der Waals surface area contributed by atoms with Gasteiger partial charge in [-0.25, -0.2) is 43.1 Å². The zero-order chi connectivity index (χ0) is 93.8. The summed E-state index contributed by atoms with van der Waals surface area (Å²) in [6.07, 6.45) is 14.3. The Hall–Kier alpha value is -16.1. The molecule has 7 heterocycles. The lowest BCUT2D eigenvalue weighted by molar-refractivity contribution is -0.159. The van der Waals surface area contributed by atoms with E-state index in [1.807, 2.05) is 49.4 Å². The lowest BCUT2D eigenvalue weighted by Crippen LogP contribution is -2.19. The first-order valence-corrected chi connectivity index (χ1v) is 40.3. The van der Waals surface area contributed by atoms with E-state index >= 15 is 0 Å². The van der Waals surface area contributed by atoms with Gasteiger partial charge < -0.3 is 55.2 Å². The van der Waals surface area contributed by atoms with Crippen molar-refractivity contribution in [2.24, 2.45) is 0 Å². The smallest absolute Gasteiger partial charge is 0.417 e. The van der Waals surface area contributed by atoms with Crippen molar-refractivity contribution in [2.75, 3.05) is 38.5 Å². The number of hydrogen-bond donors (Lipinski definition) is 5. The molecule has 131 heavy (non-hydrogen) atoms. The molecule has 0 fully saturated rings. The van der Waals surface area contributed by atoms with Crippen molar-refractivity contribution in [1.82, 2.24) is 44.9 Å². The molecule has 0 unspecified atom stereocenters. The van der Waals surface area contributed by atoms with Crippen molar-refractivity contribution in [3.8, 4) is 64.1 Å². The summed E-state index contributed by atoms with van der Waals surface area (Å²) >= 11 is 2.86. The number of aryl methyl sites for hydroxylation is 2. The zero-order valence-electron chi connectivity index (χ0n) is 69.0. The van der Waals surface area contributed by atoms with E-state index in [4.69, 9.17) is 25.4 Å². The van der Waals surface area contributed by atoms with E-state index in [9.17, 15) is 67.9 Å². The Morgan fingerprint density at radius 3 is 1.37 bits per heavy atom. The first-order chi connectivity index (χ1) is 62.6. The van der Waals surface area contributed by atoms with Crippen LogP contribution >= 0.6 is 33.9 Å². The molecule has 15 rings (SSSR count). The fourth-order valence-corrected chi connectivity index (χ4v) is 12.6. The van der Waals surface area contributed by atoms with Crippen LogP contribution in [0.15, 0.2) is 298 Å². The van der Waals surface area contributed by atoms with Crippen LogP contribution in [-0.4, -0.2) is 87.5 Å². The topological polar surface area (TPSA) is 311 Å². The quantitative estimate of drug-likeness (QED) is 0.0226. The number of rotatable bonds is 23. The third-order valence-corrected chi connectivity index (χ3v) is 18.6. The van der Waals surface area contributed by atoms with Gasteiger partial charge in [-0.1, -0.05) is 47.9 Å². The summed E-state index contributed by atoms with van der Waals surface area (Å²) in [5.41, 5.74) is 5.20. The second-order valence-electron chi connectivity index (χ2n) is 27.6. The number of alkyl halides is 7. The van der Waals surface area contributed by atoms with Gasteiger partial charge in [0.25, 0.3) is 35.5 Å². The number of hydrogen-bond acceptors (Lipinski definition) is 21. The number of nitrogens with zero attached hydrogens (tertiary/aromatic N) is 10. The Morgan fingerprint density at radius 1 is 0.412 bits per heavy atom. The molecule has 664 valence electrons. The fourth-order valence-electron chi connectivity index (χ4n) is 11.2. The molecule has 5 amide bonds. The van der Waals surface area contributed by atoms with Crippen molar-refractivity contribution in [3.63, 3.8) is 0 Å². The minimum Gasteiger partial charge on any atom is -0.456 e. The highest BCUT2D eigenvalue weighted by Crippen LogP contribution is 2.37. The van der Waals surface area contributed by atoms with Crippen LogP contribution in [-0.2, 0) is 12.1 Å². The van der Waals surface area contributed by atoms with Crippen LogP contribution in [0.4, 0.5) is 83.7 Å². The van der Waals surface area contributed by atoms with Crippen molar-refractivity contribution >= 4 is 103 Å². The summed E-state index contributed by atoms with van der Waals surface area (Å²) in [6.45, 7) is 5.03. The maximum atomic E-state index is 13.9. The number of terminal acetylenes is 1. The summed E-state index contributed by atoms with van der Waals surface area (Å²) in [6, 6.07) is 56.0. The van der Waals surface area contributed by atoms with E-state index in [0.29, 0.717) is 76.2 Å². The van der Waals surface area contributed by atoms with Crippen LogP contribution in [0.1, 0.15) is 93.3 Å². The van der Waals surface area contributed by atoms with E-state index in [1.165, 1.54) is 104 Å². The first-order valence-electron chi connectivity index (χ1n) is 38.3. The van der Waals surface area contributed by atoms with E-state index < -0.39 is 64.0 Å². The molecule has 0 spiro atoms. The molecule has 7 aromatic heterocycles. The molecule has 8 aromatic carbocycles. The molecule has 0 bridgehead atoms. The maximum absolute atomic E-state index is 13.9. The van der Waals surface area contributed by atoms with Gasteiger partial charge in [-0.05, 0) is 176 Å². The molecule has 0 aliphatic heterocycles. The molecule has 0 aliphatic carbocycles. The standard InChI is InChI=1S/C22H16F3N3O.C19H14F3N3O3.C19H15IN2O2.C18H14FN3O2.C16H11F3N4O2S/c1-3-15-6-4-7-16(10-15)21(29)27-18-8-5-9-19(12-18)28(2)20-11-17(13-26-14-20)22(23,24)25;1-19(21,22)28-15-4-2-3-12(5-15)18(26)25-14-6-13(20)7-16(8-14)27-17-9-23-11-24-10-17;1-13-4-2-5-14(8-13)19(23)22-16-9-15(20)10-18(11-16)24-17-6-3-7-21-12-17;1-12-4-2-6-17(21-12)18(23)22-14-8-13(19)9-16(10-14)24-15-5-3-7-20-11-15;1-16(18,19)15-23-13(7-26-15)14(24)22-10-2-9(17)3-11(4-10)25-12-5-20-8-21-6-12/h1,4-14H,2H3,(H,27,29);2-11H,1H3,(H,25,26);2-12H,1H3,(H,22,23);2-11H,1H3,(H,22,23);2-8H,1H3,(H,22,24). The lowest BCUT2D eigenvalue weighted by Gasteiger charge is -2.21. The summed E-state index contributed by atoms with van der Waals surface area (Å²) in [4.78, 5) is 97.6. The molecule has 0 radical (unpaired) electrons. The fraction of sp³-hybridized carbons (Fsp3) is 0.0851. The molecular formula is C94H70F10IN15O10S. The second kappa shape index (κ2) is 44.9. The van der Waals surface area contributed by atoms with Gasteiger partial charge in [0.2, 0.25) is 0 Å². The molecule has 25 nitrogen and oxygen atoms in total. The van der Waals surface area contributed by atoms with Gasteiger partial charge >= 0.3 is 12.3 Å². The number of benzene rings is 8. The van der Waals surface area contributed by atoms with E-state index in [2.05, 4.69) is 105 Å². The minimum atomic E-state index is -4.48. The molecular weight excluding hydrogens is 1850 g/mol. The van der Waals surface area contributed by atoms with Gasteiger partial charge in [0.15, 0.2) is 16.5 Å². The summed E-state index contributed by atoms with van der Waals surface area (Å²) < 4.78 is 160. The van der Waals surface area contributed by atoms with Gasteiger partial charge in [-0.2, -0.15) is 30.7 Å². The number of thiazole rings is 1. The Morgan fingerprint density at radius 2 is 0.870 bits per heavy atom. The van der Waals surface area contributed by atoms with E-state index in [0.717, 1.165) is 57.4 Å². The van der Waals surface area contributed by atoms with Crippen LogP contribution < -0.4 is 55.2 Å². The van der Waals surface area contributed by atoms with Gasteiger partial charge in [0.05, 0.1) is 54.6 Å². The number of amides is 5. The van der Waals surface area contributed by atoms with Gasteiger partial charge in [0.1, 0.15) is 81.7 Å². The van der Waals surface area contributed by atoms with Crippen LogP contribution in [0, 0.1) is 47.2 Å². The molecule has 5 N–H and O–H groups in total. The van der Waals surface area contributed by atoms with Crippen LogP contribution in [0.25, 0.3) is 0 Å². The summed E-state index contributed by atoms with van der Waals surface area (Å²) in [5, 5.41) is 13.9. The lowest BCUT2D eigenvalue weighted by atomic mass is 10.1. The number of carbonyl (C=O) groups is 5. The Bertz CT molecular complexity index is 6410. The summed E-state index contributed by atoms with van der Waals surface area (Å²) in [5.74, 6) is -2.13. The van der Waals surface area contributed by atoms with Gasteiger partial charge in [-0.3, -0.25) is 38.9 Å². The van der Waals surface area contributed by atoms with Crippen molar-refractivity contribution in [3.05, 3.63) is 375 Å². The SMILES string of the molecule is C#Cc1cccc(C(=O)Nc2cccc(N(C)c3cncc(C(F)(F)F)c3)c2)c1.CC(F)(F)Oc1cccc(C(=O)Nc2cc(F)cc(Oc3cncnc3)c2)c1.CC(F)(F)c1nc(C(=O)Nc2cc(F)cc(Oc3cncnc3)c2)cs1.Cc1cccc(C(=O)Nc2cc(F)cc(Oc3cccnc3)c2)n1.Cc1cccc(C(=O)Nc2cc(I)cc(Oc3cccnc3)c2)c1. The molecule has 37 heteroatoms. The Labute approximate surface area is 758 Å². The van der Waals surface area contributed by atoms with Gasteiger partial charge in [-0.15, -0.1) is 17.8 Å². The van der Waals surface area contributed by atoms with Crippen molar-refractivity contribution in [1.29, 1.82) is 0 Å². The van der Waals surface area contributed by atoms with Crippen LogP contribution in [0.5, 0.6) is 51.7 Å². The normalized spacial score (nSPS) is 10.7. The average Bonchev–Trinajstić information content (AvgIpc) is 1.68. The van der Waals surface area contributed by atoms with E-state index in [1.54, 1.807) is 128 Å². The molecule has 0 saturated carbocycles. The van der Waals surface area contributed by atoms with Gasteiger partial charge in [0, 0.05) is 153 Å². The number of pyridine rings is 4. The highest BCUT2D eigenvalue weighted by Gasteiger charge is 2.32. The Balaban J connectivity index is 0.000000158. The molecule has 0 aliphatic rings. The molecule has 0 saturated heterocycles. The highest BCUT2D eigenvalue weighted by atomic mass is 127. The largest absolute Gasteiger partial charge is 0.456 e. The number of ether oxygens (including phenoxy) is 5. The third-order valence-electron chi connectivity index (χ3n) is 16.9. The van der Waals surface area contributed by atoms with Crippen molar-refractivity contribution < 1.29 is 91.6 Å². The minimum absolute atomic E-state index is 0.0601. The van der Waals surface area contributed by atoms with Crippen molar-refractivity contribution in [2.45, 2.75) is 45.9 Å². The first kappa shape index (κ1) is 95.5. The number of halogens is 11. The van der Waals surface area contributed by atoms with E-state index in [-0.39, 0.29) is 86.0 Å². The number of nitrogens with one attached hydrogen (secondary N) is 5. The molecule has 0 atom stereocenters. The number of anilines is 7. The molecule has 15 aromatic rings. The van der Waals surface area contributed by atoms with Crippen LogP contribution in [0.2, 0.25) is 0 Å². The summed E-state index contributed by atoms with van der Waals surface area (Å²) in [7, 11) is 1.62. The van der Waals surface area contributed by atoms with Crippen LogP contribution in [0.3, 0.4) is 0 Å². The predicted molar refractivity (Wildman–Crippen MR) is 479 cm³/mol. The second-order valence-corrected chi connectivity index (χ2v) is 29.7. The predicted octanol–water partition coefficient (Wildman–Crippen LogP) is 23.0. The zero-order valence-corrected chi connectivity index (χ0v) is 72.0. The number of carbonyl (C=O) groups excluding carboxylic acids is 5. The Kier molecular flexibility index (Phi) is 32.7. The number of aromatic nitrogens is 9. The monoisotopic (exact) mass is 1920 g/mol. The third kappa shape index (κ3) is 30.6. The highest BCUT2D eigenvalue weighted by molar-refractivity contribution is 14.1.